The molecular formula is C15H21ClF7N2OP. The number of carbonyl (C=O) groups is 1. The van der Waals surface area contributed by atoms with Crippen molar-refractivity contribution in [2.75, 3.05) is 19.6 Å². The number of carbonyl (C=O) groups excluding carboxylic acids is 1. The Morgan fingerprint density at radius 3 is 2.26 bits per heavy atom. The first kappa shape index (κ1) is 23.9. The summed E-state index contributed by atoms with van der Waals surface area (Å²) in [4.78, 5) is 12.7. The molecule has 27 heavy (non-hydrogen) atoms. The first-order valence-electron chi connectivity index (χ1n) is 8.10. The zero-order chi connectivity index (χ0) is 20.8. The molecule has 0 aromatic heterocycles. The Hall–Kier alpha value is -1.12. The second kappa shape index (κ2) is 8.49. The van der Waals surface area contributed by atoms with Gasteiger partial charge < -0.3 is 10.2 Å². The molecule has 3 atom stereocenters. The van der Waals surface area contributed by atoms with Gasteiger partial charge >= 0.3 is 33.0 Å². The number of likely N-dealkylation sites (tertiary alicyclic amines) is 1. The Bertz CT molecular complexity index is 602. The van der Waals surface area contributed by atoms with Crippen LogP contribution in [0.4, 0.5) is 29.6 Å². The Morgan fingerprint density at radius 1 is 1.19 bits per heavy atom. The van der Waals surface area contributed by atoms with Crippen LogP contribution in [0.3, 0.4) is 0 Å². The summed E-state index contributed by atoms with van der Waals surface area (Å²) in [5.74, 6) is -0.316. The van der Waals surface area contributed by atoms with E-state index >= 15 is 0 Å². The molecule has 1 heterocycles. The van der Waals surface area contributed by atoms with Crippen molar-refractivity contribution in [3.05, 3.63) is 35.9 Å². The van der Waals surface area contributed by atoms with Crippen molar-refractivity contribution in [2.45, 2.75) is 25.0 Å². The minimum atomic E-state index is -10.7. The van der Waals surface area contributed by atoms with Crippen LogP contribution in [0.25, 0.3) is 0 Å². The zero-order valence-electron chi connectivity index (χ0n) is 14.2. The molecule has 2 rings (SSSR count). The van der Waals surface area contributed by atoms with E-state index in [4.69, 9.17) is 11.6 Å². The van der Waals surface area contributed by atoms with Crippen molar-refractivity contribution in [3.8, 4) is 0 Å². The van der Waals surface area contributed by atoms with Gasteiger partial charge in [-0.2, -0.15) is 0 Å². The second-order valence-corrected chi connectivity index (χ2v) is 8.68. The van der Waals surface area contributed by atoms with Crippen molar-refractivity contribution >= 4 is 25.3 Å². The summed E-state index contributed by atoms with van der Waals surface area (Å²) in [6, 6.07) is 10.4. The van der Waals surface area contributed by atoms with Crippen molar-refractivity contribution in [2.24, 2.45) is 5.92 Å². The molecule has 1 aliphatic heterocycles. The minimum absolute atomic E-state index is 0.404. The van der Waals surface area contributed by atoms with Crippen LogP contribution in [0.15, 0.2) is 30.3 Å². The van der Waals surface area contributed by atoms with Gasteiger partial charge in [-0.1, -0.05) is 41.9 Å². The number of rotatable bonds is 5. The van der Waals surface area contributed by atoms with Crippen molar-refractivity contribution < 1.29 is 39.3 Å². The first-order valence-corrected chi connectivity index (χ1v) is 10.6. The number of benzene rings is 1. The van der Waals surface area contributed by atoms with Gasteiger partial charge in [-0.3, -0.25) is 4.79 Å². The second-order valence-electron chi connectivity index (χ2n) is 6.38. The van der Waals surface area contributed by atoms with Crippen LogP contribution in [0.2, 0.25) is 0 Å². The molecular weight excluding hydrogens is 424 g/mol. The standard InChI is InChI=1S/C15H20ClFN2O.F6P/c16-14(17)15(20)18-9-13-7-4-8-19(11-13)10-12-5-2-1-3-6-12;1-7(2,3,4,5)6/h1-3,5-6,13-14H,4,7-11H2,(H,18,20);/q;-1/p+1. The third-order valence-corrected chi connectivity index (χ3v) is 3.98. The van der Waals surface area contributed by atoms with E-state index in [1.54, 1.807) is 0 Å². The summed E-state index contributed by atoms with van der Waals surface area (Å²) in [6.45, 7) is 3.69. The quantitative estimate of drug-likeness (QED) is 0.391. The van der Waals surface area contributed by atoms with E-state index in [1.807, 2.05) is 6.07 Å². The Labute approximate surface area is 157 Å². The fourth-order valence-corrected chi connectivity index (χ4v) is 2.87. The van der Waals surface area contributed by atoms with Gasteiger partial charge in [0.15, 0.2) is 0 Å². The maximum absolute atomic E-state index is 12.6. The number of hydrogen-bond donors (Lipinski definition) is 2. The predicted molar refractivity (Wildman–Crippen MR) is 90.9 cm³/mol. The third kappa shape index (κ3) is 14.6. The van der Waals surface area contributed by atoms with Gasteiger partial charge in [0.2, 0.25) is 0 Å². The van der Waals surface area contributed by atoms with Crippen molar-refractivity contribution in [3.63, 3.8) is 0 Å². The molecule has 1 amide bonds. The van der Waals surface area contributed by atoms with Crippen LogP contribution in [-0.4, -0.2) is 31.2 Å². The normalized spacial score (nSPS) is 23.9. The van der Waals surface area contributed by atoms with Gasteiger partial charge in [-0.05, 0) is 12.8 Å². The number of quaternary nitrogens is 1. The van der Waals surface area contributed by atoms with Gasteiger partial charge in [0.25, 0.3) is 11.5 Å². The smallest absolute Gasteiger partial charge is 0.270 e. The largest absolute Gasteiger partial charge is 0.352 e. The number of halogens is 8. The Balaban J connectivity index is 0.000000445. The summed E-state index contributed by atoms with van der Waals surface area (Å²) in [7, 11) is -10.7. The molecule has 3 nitrogen and oxygen atoms in total. The number of hydrogen-bond acceptors (Lipinski definition) is 1. The van der Waals surface area contributed by atoms with Crippen LogP contribution >= 0.6 is 19.4 Å². The molecule has 1 fully saturated rings. The molecule has 12 heteroatoms. The van der Waals surface area contributed by atoms with E-state index in [0.29, 0.717) is 12.5 Å². The molecule has 0 bridgehead atoms. The van der Waals surface area contributed by atoms with Crippen LogP contribution < -0.4 is 10.2 Å². The predicted octanol–water partition coefficient (Wildman–Crippen LogP) is 4.51. The van der Waals surface area contributed by atoms with Crippen LogP contribution in [0.5, 0.6) is 0 Å². The maximum Gasteiger partial charge on any atom is 0.270 e. The number of alkyl halides is 2. The minimum Gasteiger partial charge on any atom is -0.352 e. The van der Waals surface area contributed by atoms with Gasteiger partial charge in [-0.15, -0.1) is 0 Å². The third-order valence-electron chi connectivity index (χ3n) is 3.78. The van der Waals surface area contributed by atoms with E-state index < -0.39 is 19.3 Å². The van der Waals surface area contributed by atoms with E-state index in [9.17, 15) is 34.4 Å². The molecule has 1 saturated heterocycles. The maximum atomic E-state index is 12.6. The number of piperidine rings is 1. The monoisotopic (exact) mass is 444 g/mol. The molecule has 1 aliphatic rings. The van der Waals surface area contributed by atoms with Gasteiger partial charge in [0, 0.05) is 18.0 Å². The fourth-order valence-electron chi connectivity index (χ4n) is 2.79. The zero-order valence-corrected chi connectivity index (χ0v) is 15.8. The van der Waals surface area contributed by atoms with Gasteiger partial charge in [0.05, 0.1) is 13.1 Å². The van der Waals surface area contributed by atoms with Crippen LogP contribution in [0, 0.1) is 5.92 Å². The first-order chi connectivity index (χ1) is 12.1. The van der Waals surface area contributed by atoms with E-state index in [2.05, 4.69) is 29.6 Å². The molecule has 0 saturated carbocycles. The Morgan fingerprint density at radius 2 is 1.74 bits per heavy atom. The van der Waals surface area contributed by atoms with Crippen molar-refractivity contribution in [1.82, 2.24) is 5.32 Å². The molecule has 3 unspecified atom stereocenters. The topological polar surface area (TPSA) is 33.5 Å². The summed E-state index contributed by atoms with van der Waals surface area (Å²) < 4.78 is 71.8. The molecule has 0 spiro atoms. The van der Waals surface area contributed by atoms with Crippen LogP contribution in [0.1, 0.15) is 18.4 Å². The van der Waals surface area contributed by atoms with Crippen molar-refractivity contribution in [1.29, 1.82) is 0 Å². The molecule has 0 radical (unpaired) electrons. The average Bonchev–Trinajstić information content (AvgIpc) is 2.51. The summed E-state index contributed by atoms with van der Waals surface area (Å²) in [5, 5.41) is 2.58. The number of nitrogens with one attached hydrogen (secondary N) is 2. The summed E-state index contributed by atoms with van der Waals surface area (Å²) in [5.41, 5.74) is -0.608. The summed E-state index contributed by atoms with van der Waals surface area (Å²) in [6.07, 6.45) is 2.22. The molecule has 158 valence electrons. The molecule has 1 aromatic carbocycles. The summed E-state index contributed by atoms with van der Waals surface area (Å²) >= 11 is 5.10. The Kier molecular flexibility index (Phi) is 7.52. The van der Waals surface area contributed by atoms with Crippen LogP contribution in [-0.2, 0) is 11.3 Å². The van der Waals surface area contributed by atoms with E-state index in [1.165, 1.54) is 10.5 Å². The van der Waals surface area contributed by atoms with E-state index in [0.717, 1.165) is 32.5 Å². The molecule has 0 aliphatic carbocycles. The van der Waals surface area contributed by atoms with Gasteiger partial charge in [0.1, 0.15) is 6.54 Å². The van der Waals surface area contributed by atoms with Gasteiger partial charge in [-0.25, -0.2) is 4.39 Å². The molecule has 1 aromatic rings. The van der Waals surface area contributed by atoms with E-state index in [-0.39, 0.29) is 0 Å². The molecule has 2 N–H and O–H groups in total. The number of amides is 1. The fraction of sp³-hybridized carbons (Fsp3) is 0.533. The SMILES string of the molecule is F[P-](F)(F)(F)(F)F.O=C(NCC1CCC[NH+](Cc2ccccc2)C1)C(F)Cl. The average molecular weight is 445 g/mol.